The molecule has 4 nitrogen and oxygen atoms in total. The van der Waals surface area contributed by atoms with E-state index in [0.29, 0.717) is 13.0 Å². The summed E-state index contributed by atoms with van der Waals surface area (Å²) < 4.78 is 9.81. The van der Waals surface area contributed by atoms with Crippen LogP contribution in [0.1, 0.15) is 6.42 Å². The molecule has 0 rings (SSSR count). The average Bonchev–Trinajstić information content (AvgIpc) is 2.03. The zero-order valence-electron chi connectivity index (χ0n) is 7.12. The number of nitrogens with two attached hydrogens (primary N) is 1. The van der Waals surface area contributed by atoms with Gasteiger partial charge in [0.05, 0.1) is 6.61 Å². The lowest BCUT2D eigenvalue weighted by Gasteiger charge is -2.20. The molecule has 0 bridgehead atoms. The van der Waals surface area contributed by atoms with Crippen molar-refractivity contribution in [2.45, 2.75) is 12.6 Å². The second-order valence-electron chi connectivity index (χ2n) is 2.43. The van der Waals surface area contributed by atoms with Crippen molar-refractivity contribution in [2.24, 2.45) is 11.7 Å². The summed E-state index contributed by atoms with van der Waals surface area (Å²) in [5, 5.41) is 8.64. The molecule has 0 aliphatic rings. The molecule has 0 saturated heterocycles. The molecule has 0 aliphatic carbocycles. The van der Waals surface area contributed by atoms with Crippen molar-refractivity contribution in [1.82, 2.24) is 0 Å². The first-order chi connectivity index (χ1) is 5.26. The topological polar surface area (TPSA) is 64.7 Å². The van der Waals surface area contributed by atoms with Crippen molar-refractivity contribution >= 4 is 0 Å². The van der Waals surface area contributed by atoms with Gasteiger partial charge in [0.1, 0.15) is 6.23 Å². The van der Waals surface area contributed by atoms with Crippen LogP contribution in [0, 0.1) is 5.92 Å². The number of hydrogen-bond donors (Lipinski definition) is 2. The van der Waals surface area contributed by atoms with Crippen molar-refractivity contribution < 1.29 is 14.6 Å². The van der Waals surface area contributed by atoms with Crippen molar-refractivity contribution in [1.29, 1.82) is 0 Å². The van der Waals surface area contributed by atoms with Gasteiger partial charge in [-0.15, -0.1) is 0 Å². The second-order valence-corrected chi connectivity index (χ2v) is 2.43. The molecule has 0 aromatic heterocycles. The van der Waals surface area contributed by atoms with Gasteiger partial charge in [0.25, 0.3) is 0 Å². The van der Waals surface area contributed by atoms with Gasteiger partial charge in [-0.05, 0) is 6.42 Å². The Morgan fingerprint density at radius 3 is 2.45 bits per heavy atom. The van der Waals surface area contributed by atoms with E-state index in [-0.39, 0.29) is 18.8 Å². The van der Waals surface area contributed by atoms with E-state index in [1.165, 1.54) is 0 Å². The predicted molar refractivity (Wildman–Crippen MR) is 42.1 cm³/mol. The van der Waals surface area contributed by atoms with Crippen molar-refractivity contribution in [3.05, 3.63) is 0 Å². The molecule has 0 radical (unpaired) electrons. The van der Waals surface area contributed by atoms with Gasteiger partial charge in [-0.3, -0.25) is 0 Å². The third-order valence-corrected chi connectivity index (χ3v) is 1.62. The monoisotopic (exact) mass is 163 g/mol. The maximum absolute atomic E-state index is 8.64. The Labute approximate surface area is 67.3 Å². The SMILES string of the molecule is COCC(CCO)C(N)OC. The summed E-state index contributed by atoms with van der Waals surface area (Å²) in [5.74, 6) is 0.0787. The molecule has 4 heteroatoms. The van der Waals surface area contributed by atoms with E-state index in [4.69, 9.17) is 20.3 Å². The summed E-state index contributed by atoms with van der Waals surface area (Å²) in [4.78, 5) is 0. The lowest BCUT2D eigenvalue weighted by Crippen LogP contribution is -2.35. The van der Waals surface area contributed by atoms with Gasteiger partial charge in [0.15, 0.2) is 0 Å². The lowest BCUT2D eigenvalue weighted by molar-refractivity contribution is 0.00816. The zero-order chi connectivity index (χ0) is 8.69. The van der Waals surface area contributed by atoms with E-state index in [1.54, 1.807) is 14.2 Å². The van der Waals surface area contributed by atoms with Gasteiger partial charge in [0, 0.05) is 26.7 Å². The predicted octanol–water partition coefficient (Wildman–Crippen LogP) is -0.437. The van der Waals surface area contributed by atoms with Crippen LogP contribution in [0.5, 0.6) is 0 Å². The van der Waals surface area contributed by atoms with Gasteiger partial charge in [-0.25, -0.2) is 0 Å². The summed E-state index contributed by atoms with van der Waals surface area (Å²) >= 11 is 0. The minimum absolute atomic E-state index is 0.0787. The molecule has 2 unspecified atom stereocenters. The van der Waals surface area contributed by atoms with E-state index in [2.05, 4.69) is 0 Å². The number of methoxy groups -OCH3 is 2. The van der Waals surface area contributed by atoms with Gasteiger partial charge >= 0.3 is 0 Å². The molecule has 0 aromatic rings. The maximum Gasteiger partial charge on any atom is 0.110 e. The first-order valence-corrected chi connectivity index (χ1v) is 3.64. The van der Waals surface area contributed by atoms with Crippen LogP contribution >= 0.6 is 0 Å². The Bertz CT molecular complexity index is 83.8. The molecule has 0 fully saturated rings. The van der Waals surface area contributed by atoms with Crippen LogP contribution in [0.3, 0.4) is 0 Å². The maximum atomic E-state index is 8.64. The number of rotatable bonds is 6. The summed E-state index contributed by atoms with van der Waals surface area (Å²) in [6.45, 7) is 0.640. The van der Waals surface area contributed by atoms with Crippen LogP contribution < -0.4 is 5.73 Å². The highest BCUT2D eigenvalue weighted by atomic mass is 16.5. The van der Waals surface area contributed by atoms with Crippen LogP contribution in [0.15, 0.2) is 0 Å². The summed E-state index contributed by atoms with van der Waals surface area (Å²) in [6.07, 6.45) is 0.269. The smallest absolute Gasteiger partial charge is 0.110 e. The Hall–Kier alpha value is -0.160. The Morgan fingerprint density at radius 1 is 1.45 bits per heavy atom. The fraction of sp³-hybridized carbons (Fsp3) is 1.00. The van der Waals surface area contributed by atoms with Gasteiger partial charge < -0.3 is 20.3 Å². The number of hydrogen-bond acceptors (Lipinski definition) is 4. The minimum atomic E-state index is -0.345. The Morgan fingerprint density at radius 2 is 2.09 bits per heavy atom. The van der Waals surface area contributed by atoms with E-state index >= 15 is 0 Å². The number of aliphatic hydroxyl groups is 1. The third-order valence-electron chi connectivity index (χ3n) is 1.62. The molecule has 3 N–H and O–H groups in total. The first kappa shape index (κ1) is 10.8. The highest BCUT2D eigenvalue weighted by Crippen LogP contribution is 2.07. The van der Waals surface area contributed by atoms with Gasteiger partial charge in [-0.1, -0.05) is 0 Å². The zero-order valence-corrected chi connectivity index (χ0v) is 7.12. The van der Waals surface area contributed by atoms with Crippen LogP contribution in [-0.4, -0.2) is 38.8 Å². The van der Waals surface area contributed by atoms with Crippen LogP contribution in [-0.2, 0) is 9.47 Å². The van der Waals surface area contributed by atoms with E-state index in [0.717, 1.165) is 0 Å². The van der Waals surface area contributed by atoms with Crippen LogP contribution in [0.25, 0.3) is 0 Å². The molecule has 0 saturated carbocycles. The van der Waals surface area contributed by atoms with Gasteiger partial charge in [0.2, 0.25) is 0 Å². The first-order valence-electron chi connectivity index (χ1n) is 3.64. The van der Waals surface area contributed by atoms with E-state index in [1.807, 2.05) is 0 Å². The molecular weight excluding hydrogens is 146 g/mol. The fourth-order valence-corrected chi connectivity index (χ4v) is 0.915. The second kappa shape index (κ2) is 6.54. The highest BCUT2D eigenvalue weighted by molar-refractivity contribution is 4.63. The molecule has 0 aromatic carbocycles. The van der Waals surface area contributed by atoms with Crippen molar-refractivity contribution in [2.75, 3.05) is 27.4 Å². The van der Waals surface area contributed by atoms with Crippen LogP contribution in [0.4, 0.5) is 0 Å². The molecular formula is C7H17NO3. The minimum Gasteiger partial charge on any atom is -0.396 e. The average molecular weight is 163 g/mol. The Kier molecular flexibility index (Phi) is 6.45. The van der Waals surface area contributed by atoms with Crippen molar-refractivity contribution in [3.8, 4) is 0 Å². The van der Waals surface area contributed by atoms with Crippen LogP contribution in [0.2, 0.25) is 0 Å². The quantitative estimate of drug-likeness (QED) is 0.521. The summed E-state index contributed by atoms with van der Waals surface area (Å²) in [5.41, 5.74) is 5.58. The summed E-state index contributed by atoms with van der Waals surface area (Å²) in [7, 11) is 3.15. The standard InChI is InChI=1S/C7H17NO3/c1-10-5-6(3-4-9)7(8)11-2/h6-7,9H,3-5,8H2,1-2H3. The fourth-order valence-electron chi connectivity index (χ4n) is 0.915. The molecule has 0 spiro atoms. The normalized spacial score (nSPS) is 16.4. The van der Waals surface area contributed by atoms with E-state index < -0.39 is 0 Å². The molecule has 0 amide bonds. The van der Waals surface area contributed by atoms with E-state index in [9.17, 15) is 0 Å². The third kappa shape index (κ3) is 4.31. The Balaban J connectivity index is 3.66. The highest BCUT2D eigenvalue weighted by Gasteiger charge is 2.15. The lowest BCUT2D eigenvalue weighted by atomic mass is 10.1. The largest absolute Gasteiger partial charge is 0.396 e. The number of ether oxygens (including phenoxy) is 2. The summed E-state index contributed by atoms with van der Waals surface area (Å²) in [6, 6.07) is 0. The molecule has 68 valence electrons. The molecule has 2 atom stereocenters. The number of aliphatic hydroxyl groups excluding tert-OH is 1. The molecule has 0 heterocycles. The molecule has 11 heavy (non-hydrogen) atoms. The van der Waals surface area contributed by atoms with Gasteiger partial charge in [-0.2, -0.15) is 0 Å². The molecule has 0 aliphatic heterocycles. The van der Waals surface area contributed by atoms with Crippen molar-refractivity contribution in [3.63, 3.8) is 0 Å².